The van der Waals surface area contributed by atoms with E-state index in [1.165, 1.54) is 11.2 Å². The second kappa shape index (κ2) is 7.12. The normalized spacial score (nSPS) is 17.1. The number of aryl methyl sites for hydroxylation is 1. The number of aromatic nitrogens is 3. The Kier molecular flexibility index (Phi) is 4.51. The zero-order valence-corrected chi connectivity index (χ0v) is 14.6. The van der Waals surface area contributed by atoms with Gasteiger partial charge < -0.3 is 19.4 Å². The average molecular weight is 367 g/mol. The van der Waals surface area contributed by atoms with Crippen molar-refractivity contribution in [3.8, 4) is 0 Å². The van der Waals surface area contributed by atoms with Gasteiger partial charge in [-0.1, -0.05) is 0 Å². The Bertz CT molecular complexity index is 1000. The highest BCUT2D eigenvalue weighted by atomic mass is 16.5. The summed E-state index contributed by atoms with van der Waals surface area (Å²) in [4.78, 5) is 39.0. The molecule has 9 nitrogen and oxygen atoms in total. The Balaban J connectivity index is 1.44. The number of hydrogen-bond acceptors (Lipinski definition) is 7. The molecule has 0 aliphatic carbocycles. The number of anilines is 1. The number of nitrogens with one attached hydrogen (secondary N) is 1. The first-order valence-corrected chi connectivity index (χ1v) is 8.45. The minimum atomic E-state index is -0.770. The Morgan fingerprint density at radius 3 is 2.81 bits per heavy atom. The summed E-state index contributed by atoms with van der Waals surface area (Å²) in [7, 11) is 0. The Morgan fingerprint density at radius 2 is 2.04 bits per heavy atom. The molecule has 3 heterocycles. The quantitative estimate of drug-likeness (QED) is 0.745. The molecule has 1 N–H and O–H groups in total. The average Bonchev–Trinajstić information content (AvgIpc) is 3.13. The lowest BCUT2D eigenvalue weighted by atomic mass is 10.2. The van der Waals surface area contributed by atoms with E-state index in [4.69, 9.17) is 9.15 Å². The number of hydrogen-bond donors (Lipinski definition) is 1. The van der Waals surface area contributed by atoms with Crippen molar-refractivity contribution in [2.24, 2.45) is 0 Å². The standard InChI is InChI=1S/C18H17N5O4/c1-11-21-15(10-27-11)18(25)23-6-7-26-16(9-23)17(24)22-12-2-3-13-14(8-12)20-5-4-19-13/h2-5,8,10,16H,6-7,9H2,1H3,(H,22,24). The maximum atomic E-state index is 12.6. The van der Waals surface area contributed by atoms with Crippen molar-refractivity contribution in [1.29, 1.82) is 0 Å². The van der Waals surface area contributed by atoms with Crippen molar-refractivity contribution < 1.29 is 18.7 Å². The van der Waals surface area contributed by atoms with Gasteiger partial charge in [-0.15, -0.1) is 0 Å². The molecule has 0 bridgehead atoms. The number of ether oxygens (including phenoxy) is 1. The molecule has 0 saturated carbocycles. The van der Waals surface area contributed by atoms with Crippen LogP contribution in [0.15, 0.2) is 41.3 Å². The number of nitrogens with zero attached hydrogens (tertiary/aromatic N) is 4. The summed E-state index contributed by atoms with van der Waals surface area (Å²) in [5.41, 5.74) is 2.23. The Hall–Kier alpha value is -3.33. The van der Waals surface area contributed by atoms with E-state index in [-0.39, 0.29) is 30.7 Å². The van der Waals surface area contributed by atoms with Gasteiger partial charge in [0.25, 0.3) is 11.8 Å². The fourth-order valence-corrected chi connectivity index (χ4v) is 2.88. The van der Waals surface area contributed by atoms with E-state index in [0.717, 1.165) is 5.52 Å². The zero-order chi connectivity index (χ0) is 18.8. The van der Waals surface area contributed by atoms with Crippen molar-refractivity contribution in [1.82, 2.24) is 19.9 Å². The van der Waals surface area contributed by atoms with Crippen molar-refractivity contribution in [3.63, 3.8) is 0 Å². The number of fused-ring (bicyclic) bond motifs is 1. The largest absolute Gasteiger partial charge is 0.448 e. The molecular weight excluding hydrogens is 350 g/mol. The predicted octanol–water partition coefficient (Wildman–Crippen LogP) is 1.41. The van der Waals surface area contributed by atoms with Gasteiger partial charge in [-0.2, -0.15) is 0 Å². The van der Waals surface area contributed by atoms with Crippen LogP contribution in [0.3, 0.4) is 0 Å². The summed E-state index contributed by atoms with van der Waals surface area (Å²) in [5, 5.41) is 2.80. The minimum Gasteiger partial charge on any atom is -0.448 e. The first kappa shape index (κ1) is 17.1. The second-order valence-electron chi connectivity index (χ2n) is 6.11. The lowest BCUT2D eigenvalue weighted by molar-refractivity contribution is -0.131. The third kappa shape index (κ3) is 3.63. The van der Waals surface area contributed by atoms with E-state index < -0.39 is 6.10 Å². The molecule has 1 aromatic carbocycles. The van der Waals surface area contributed by atoms with Gasteiger partial charge in [-0.25, -0.2) is 4.98 Å². The molecule has 2 aromatic heterocycles. The minimum absolute atomic E-state index is 0.143. The molecule has 3 aromatic rings. The van der Waals surface area contributed by atoms with Crippen LogP contribution in [0, 0.1) is 6.92 Å². The van der Waals surface area contributed by atoms with E-state index in [0.29, 0.717) is 23.6 Å². The van der Waals surface area contributed by atoms with E-state index in [2.05, 4.69) is 20.3 Å². The third-order valence-corrected chi connectivity index (χ3v) is 4.22. The molecule has 1 saturated heterocycles. The van der Waals surface area contributed by atoms with Crippen LogP contribution >= 0.6 is 0 Å². The first-order valence-electron chi connectivity index (χ1n) is 8.45. The van der Waals surface area contributed by atoms with Gasteiger partial charge in [-0.05, 0) is 18.2 Å². The van der Waals surface area contributed by atoms with E-state index in [1.54, 1.807) is 37.5 Å². The van der Waals surface area contributed by atoms with Crippen molar-refractivity contribution >= 4 is 28.5 Å². The lowest BCUT2D eigenvalue weighted by Gasteiger charge is -2.31. The monoisotopic (exact) mass is 367 g/mol. The summed E-state index contributed by atoms with van der Waals surface area (Å²) in [5.74, 6) is -0.193. The number of morpholine rings is 1. The van der Waals surface area contributed by atoms with Gasteiger partial charge >= 0.3 is 0 Å². The zero-order valence-electron chi connectivity index (χ0n) is 14.6. The number of carbonyl (C=O) groups is 2. The van der Waals surface area contributed by atoms with Gasteiger partial charge in [0.2, 0.25) is 0 Å². The molecule has 9 heteroatoms. The maximum absolute atomic E-state index is 12.6. The fraction of sp³-hybridized carbons (Fsp3) is 0.278. The molecule has 27 heavy (non-hydrogen) atoms. The summed E-state index contributed by atoms with van der Waals surface area (Å²) < 4.78 is 10.6. The van der Waals surface area contributed by atoms with Crippen LogP contribution in [0.5, 0.6) is 0 Å². The molecule has 0 radical (unpaired) electrons. The molecule has 4 rings (SSSR count). The highest BCUT2D eigenvalue weighted by molar-refractivity contribution is 5.97. The summed E-state index contributed by atoms with van der Waals surface area (Å²) in [6.07, 6.45) is 3.75. The number of benzene rings is 1. The van der Waals surface area contributed by atoms with Gasteiger partial charge in [0.05, 0.1) is 24.2 Å². The van der Waals surface area contributed by atoms with Crippen LogP contribution in [-0.4, -0.2) is 57.5 Å². The first-order chi connectivity index (χ1) is 13.1. The number of carbonyl (C=O) groups excluding carboxylic acids is 2. The number of rotatable bonds is 3. The van der Waals surface area contributed by atoms with Crippen LogP contribution < -0.4 is 5.32 Å². The van der Waals surface area contributed by atoms with Gasteiger partial charge in [0.15, 0.2) is 17.7 Å². The van der Waals surface area contributed by atoms with Crippen molar-refractivity contribution in [2.45, 2.75) is 13.0 Å². The summed E-state index contributed by atoms with van der Waals surface area (Å²) >= 11 is 0. The van der Waals surface area contributed by atoms with Crippen LogP contribution in [0.2, 0.25) is 0 Å². The van der Waals surface area contributed by atoms with Crippen LogP contribution in [0.25, 0.3) is 11.0 Å². The van der Waals surface area contributed by atoms with E-state index >= 15 is 0 Å². The maximum Gasteiger partial charge on any atom is 0.275 e. The predicted molar refractivity (Wildman–Crippen MR) is 95.1 cm³/mol. The number of oxazole rings is 1. The lowest BCUT2D eigenvalue weighted by Crippen LogP contribution is -2.50. The van der Waals surface area contributed by atoms with E-state index in [9.17, 15) is 9.59 Å². The smallest absolute Gasteiger partial charge is 0.275 e. The third-order valence-electron chi connectivity index (χ3n) is 4.22. The summed E-state index contributed by atoms with van der Waals surface area (Å²) in [6, 6.07) is 5.27. The molecular formula is C18H17N5O4. The molecule has 1 atom stereocenters. The highest BCUT2D eigenvalue weighted by Gasteiger charge is 2.31. The van der Waals surface area contributed by atoms with Crippen LogP contribution in [0.1, 0.15) is 16.4 Å². The van der Waals surface area contributed by atoms with Crippen molar-refractivity contribution in [3.05, 3.63) is 48.4 Å². The number of amides is 2. The summed E-state index contributed by atoms with van der Waals surface area (Å²) in [6.45, 7) is 2.47. The Labute approximate surface area is 154 Å². The molecule has 0 spiro atoms. The van der Waals surface area contributed by atoms with Crippen LogP contribution in [0.4, 0.5) is 5.69 Å². The SMILES string of the molecule is Cc1nc(C(=O)N2CCOC(C(=O)Nc3ccc4nccnc4c3)C2)co1. The fourth-order valence-electron chi connectivity index (χ4n) is 2.88. The van der Waals surface area contributed by atoms with Gasteiger partial charge in [-0.3, -0.25) is 19.6 Å². The molecule has 138 valence electrons. The molecule has 1 fully saturated rings. The molecule has 1 aliphatic heterocycles. The van der Waals surface area contributed by atoms with Crippen molar-refractivity contribution in [2.75, 3.05) is 25.0 Å². The topological polar surface area (TPSA) is 110 Å². The molecule has 2 amide bonds. The highest BCUT2D eigenvalue weighted by Crippen LogP contribution is 2.17. The van der Waals surface area contributed by atoms with Gasteiger partial charge in [0, 0.05) is 31.5 Å². The van der Waals surface area contributed by atoms with Crippen LogP contribution in [-0.2, 0) is 9.53 Å². The Morgan fingerprint density at radius 1 is 1.22 bits per heavy atom. The van der Waals surface area contributed by atoms with E-state index in [1.807, 2.05) is 0 Å². The van der Waals surface area contributed by atoms with Gasteiger partial charge in [0.1, 0.15) is 6.26 Å². The molecule has 1 unspecified atom stereocenters. The molecule has 1 aliphatic rings. The second-order valence-corrected chi connectivity index (χ2v) is 6.11.